The zero-order chi connectivity index (χ0) is 15.2. The van der Waals surface area contributed by atoms with Gasteiger partial charge < -0.3 is 15.2 Å². The van der Waals surface area contributed by atoms with Crippen LogP contribution < -0.4 is 21.3 Å². The fraction of sp³-hybridized carbons (Fsp3) is 0.667. The minimum atomic E-state index is -4.73. The lowest BCUT2D eigenvalue weighted by Gasteiger charge is -2.15. The van der Waals surface area contributed by atoms with Crippen molar-refractivity contribution in [3.8, 4) is 6.01 Å². The molecule has 0 spiro atoms. The van der Waals surface area contributed by atoms with Crippen molar-refractivity contribution in [1.29, 1.82) is 0 Å². The van der Waals surface area contributed by atoms with E-state index in [9.17, 15) is 13.2 Å². The summed E-state index contributed by atoms with van der Waals surface area (Å²) >= 11 is 0. The minimum absolute atomic E-state index is 0.0740. The quantitative estimate of drug-likeness (QED) is 0.418. The van der Waals surface area contributed by atoms with Crippen molar-refractivity contribution < 1.29 is 23.0 Å². The number of rotatable bonds is 7. The van der Waals surface area contributed by atoms with E-state index >= 15 is 0 Å². The standard InChI is InChI=1S/C9H15F3N6O2/c1-2-3-20-8-16-6(15-7(17-8)18-13)14-4-5(19)9(10,11)12/h5,19H,2-4,13H2,1H3,(H2,14,15,16,17,18). The molecule has 0 saturated heterocycles. The Kier molecular flexibility index (Phi) is 5.70. The van der Waals surface area contributed by atoms with Crippen molar-refractivity contribution in [2.75, 3.05) is 23.9 Å². The summed E-state index contributed by atoms with van der Waals surface area (Å²) in [6.45, 7) is 1.39. The molecule has 0 aliphatic rings. The Hall–Kier alpha value is -1.88. The van der Waals surface area contributed by atoms with Crippen molar-refractivity contribution in [3.05, 3.63) is 0 Å². The summed E-state index contributed by atoms with van der Waals surface area (Å²) in [7, 11) is 0. The molecular weight excluding hydrogens is 281 g/mol. The van der Waals surface area contributed by atoms with E-state index in [4.69, 9.17) is 15.7 Å². The Balaban J connectivity index is 2.73. The van der Waals surface area contributed by atoms with Gasteiger partial charge in [0.1, 0.15) is 0 Å². The van der Waals surface area contributed by atoms with Crippen LogP contribution in [0.15, 0.2) is 0 Å². The minimum Gasteiger partial charge on any atom is -0.463 e. The molecule has 1 rings (SSSR count). The Bertz CT molecular complexity index is 431. The number of anilines is 2. The van der Waals surface area contributed by atoms with Crippen LogP contribution in [0.4, 0.5) is 25.1 Å². The molecule has 1 aromatic rings. The average Bonchev–Trinajstić information content (AvgIpc) is 2.41. The molecule has 5 N–H and O–H groups in total. The molecule has 1 atom stereocenters. The lowest BCUT2D eigenvalue weighted by atomic mass is 10.3. The lowest BCUT2D eigenvalue weighted by molar-refractivity contribution is -0.198. The highest BCUT2D eigenvalue weighted by Crippen LogP contribution is 2.20. The number of hydrogen-bond acceptors (Lipinski definition) is 8. The fourth-order valence-electron chi connectivity index (χ4n) is 1.06. The van der Waals surface area contributed by atoms with E-state index in [0.29, 0.717) is 13.0 Å². The maximum absolute atomic E-state index is 12.1. The molecule has 0 fully saturated rings. The number of aliphatic hydroxyl groups excluding tert-OH is 1. The van der Waals surface area contributed by atoms with Gasteiger partial charge in [0.15, 0.2) is 6.10 Å². The lowest BCUT2D eigenvalue weighted by Crippen LogP contribution is -2.35. The number of nitrogen functional groups attached to an aromatic ring is 1. The highest BCUT2D eigenvalue weighted by atomic mass is 19.4. The molecule has 0 aliphatic carbocycles. The van der Waals surface area contributed by atoms with E-state index < -0.39 is 18.8 Å². The highest BCUT2D eigenvalue weighted by molar-refractivity contribution is 5.35. The fourth-order valence-corrected chi connectivity index (χ4v) is 1.06. The summed E-state index contributed by atoms with van der Waals surface area (Å²) in [5, 5.41) is 11.1. The first-order chi connectivity index (χ1) is 9.36. The Morgan fingerprint density at radius 1 is 1.30 bits per heavy atom. The molecule has 1 aromatic heterocycles. The third kappa shape index (κ3) is 5.01. The van der Waals surface area contributed by atoms with E-state index in [1.165, 1.54) is 0 Å². The first kappa shape index (κ1) is 16.2. The number of nitrogens with one attached hydrogen (secondary N) is 2. The average molecular weight is 296 g/mol. The molecule has 1 heterocycles. The van der Waals surface area contributed by atoms with Gasteiger partial charge in [-0.2, -0.15) is 28.1 Å². The summed E-state index contributed by atoms with van der Waals surface area (Å²) in [4.78, 5) is 11.2. The Morgan fingerprint density at radius 3 is 2.50 bits per heavy atom. The molecule has 0 aromatic carbocycles. The number of ether oxygens (including phenoxy) is 1. The molecular formula is C9H15F3N6O2. The van der Waals surface area contributed by atoms with Crippen LogP contribution in [0.5, 0.6) is 6.01 Å². The second-order valence-electron chi connectivity index (χ2n) is 3.70. The van der Waals surface area contributed by atoms with Gasteiger partial charge in [0.05, 0.1) is 13.2 Å². The van der Waals surface area contributed by atoms with Crippen molar-refractivity contribution in [2.45, 2.75) is 25.6 Å². The molecule has 0 radical (unpaired) electrons. The molecule has 0 amide bonds. The van der Waals surface area contributed by atoms with Gasteiger partial charge in [-0.25, -0.2) is 5.84 Å². The van der Waals surface area contributed by atoms with Gasteiger partial charge >= 0.3 is 12.2 Å². The summed E-state index contributed by atoms with van der Waals surface area (Å²) in [6, 6.07) is -0.0844. The molecule has 1 unspecified atom stereocenters. The van der Waals surface area contributed by atoms with Crippen LogP contribution >= 0.6 is 0 Å². The van der Waals surface area contributed by atoms with Crippen LogP contribution in [-0.2, 0) is 0 Å². The van der Waals surface area contributed by atoms with Gasteiger partial charge in [0.25, 0.3) is 0 Å². The van der Waals surface area contributed by atoms with Crippen LogP contribution in [-0.4, -0.2) is 45.5 Å². The molecule has 8 nitrogen and oxygen atoms in total. The second-order valence-corrected chi connectivity index (χ2v) is 3.70. The number of alkyl halides is 3. The van der Waals surface area contributed by atoms with Crippen molar-refractivity contribution in [3.63, 3.8) is 0 Å². The van der Waals surface area contributed by atoms with Crippen LogP contribution in [0.25, 0.3) is 0 Å². The van der Waals surface area contributed by atoms with Crippen LogP contribution in [0, 0.1) is 0 Å². The van der Waals surface area contributed by atoms with Crippen molar-refractivity contribution in [1.82, 2.24) is 15.0 Å². The van der Waals surface area contributed by atoms with Gasteiger partial charge in [0, 0.05) is 0 Å². The number of aliphatic hydroxyl groups is 1. The van der Waals surface area contributed by atoms with Gasteiger partial charge in [0.2, 0.25) is 11.9 Å². The summed E-state index contributed by atoms with van der Waals surface area (Å²) in [5.41, 5.74) is 2.14. The normalized spacial score (nSPS) is 12.9. The van der Waals surface area contributed by atoms with E-state index in [-0.39, 0.29) is 17.9 Å². The topological polar surface area (TPSA) is 118 Å². The monoisotopic (exact) mass is 296 g/mol. The van der Waals surface area contributed by atoms with E-state index in [2.05, 4.69) is 25.7 Å². The van der Waals surface area contributed by atoms with E-state index in [1.807, 2.05) is 6.92 Å². The predicted octanol–water partition coefficient (Wildman–Crippen LogP) is 0.281. The maximum atomic E-state index is 12.1. The third-order valence-electron chi connectivity index (χ3n) is 2.01. The zero-order valence-corrected chi connectivity index (χ0v) is 10.6. The third-order valence-corrected chi connectivity index (χ3v) is 2.01. The zero-order valence-electron chi connectivity index (χ0n) is 10.6. The molecule has 114 valence electrons. The van der Waals surface area contributed by atoms with Crippen molar-refractivity contribution in [2.24, 2.45) is 5.84 Å². The van der Waals surface area contributed by atoms with Gasteiger partial charge in [-0.1, -0.05) is 6.92 Å². The van der Waals surface area contributed by atoms with Crippen LogP contribution in [0.1, 0.15) is 13.3 Å². The van der Waals surface area contributed by atoms with Gasteiger partial charge in [-0.05, 0) is 6.42 Å². The predicted molar refractivity (Wildman–Crippen MR) is 64.0 cm³/mol. The van der Waals surface area contributed by atoms with Gasteiger partial charge in [-0.3, -0.25) is 5.43 Å². The number of halogens is 3. The SMILES string of the molecule is CCCOc1nc(NN)nc(NCC(O)C(F)(F)F)n1. The number of aromatic nitrogens is 3. The largest absolute Gasteiger partial charge is 0.463 e. The summed E-state index contributed by atoms with van der Waals surface area (Å²) in [6.07, 6.45) is -6.56. The number of nitrogens with zero attached hydrogens (tertiary/aromatic N) is 3. The number of nitrogens with two attached hydrogens (primary N) is 1. The molecule has 11 heteroatoms. The van der Waals surface area contributed by atoms with E-state index in [1.54, 1.807) is 0 Å². The summed E-state index contributed by atoms with van der Waals surface area (Å²) in [5.74, 6) is 4.86. The van der Waals surface area contributed by atoms with Crippen molar-refractivity contribution >= 4 is 11.9 Å². The smallest absolute Gasteiger partial charge is 0.416 e. The highest BCUT2D eigenvalue weighted by Gasteiger charge is 2.38. The first-order valence-electron chi connectivity index (χ1n) is 5.71. The maximum Gasteiger partial charge on any atom is 0.416 e. The molecule has 0 saturated carbocycles. The van der Waals surface area contributed by atoms with Crippen LogP contribution in [0.2, 0.25) is 0 Å². The van der Waals surface area contributed by atoms with E-state index in [0.717, 1.165) is 0 Å². The molecule has 0 aliphatic heterocycles. The Labute approximate surface area is 112 Å². The number of hydrogen-bond donors (Lipinski definition) is 4. The second kappa shape index (κ2) is 7.05. The Morgan fingerprint density at radius 2 is 1.95 bits per heavy atom. The van der Waals surface area contributed by atoms with Gasteiger partial charge in [-0.15, -0.1) is 0 Å². The molecule has 0 bridgehead atoms. The first-order valence-corrected chi connectivity index (χ1v) is 5.71. The number of hydrazine groups is 1. The molecule has 20 heavy (non-hydrogen) atoms. The summed E-state index contributed by atoms with van der Waals surface area (Å²) < 4.78 is 41.6. The van der Waals surface area contributed by atoms with Crippen LogP contribution in [0.3, 0.4) is 0 Å².